The van der Waals surface area contributed by atoms with Crippen LogP contribution in [0, 0.1) is 40.7 Å². The molecule has 2 saturated heterocycles. The molecule has 7 rings (SSSR count). The van der Waals surface area contributed by atoms with Crippen molar-refractivity contribution in [1.82, 2.24) is 9.27 Å². The molecule has 5 fully saturated rings. The third-order valence-corrected chi connectivity index (χ3v) is 11.1. The highest BCUT2D eigenvalue weighted by Crippen LogP contribution is 2.56. The van der Waals surface area contributed by atoms with Crippen LogP contribution in [-0.2, 0) is 9.59 Å². The maximum Gasteiger partial charge on any atom is 0.233 e. The Morgan fingerprint density at radius 3 is 2.33 bits per heavy atom. The smallest absolute Gasteiger partial charge is 0.233 e. The molecule has 6 unspecified atom stereocenters. The first-order valence-corrected chi connectivity index (χ1v) is 14.8. The van der Waals surface area contributed by atoms with E-state index >= 15 is 0 Å². The highest BCUT2D eigenvalue weighted by molar-refractivity contribution is 7.13. The van der Waals surface area contributed by atoms with Gasteiger partial charge in [-0.25, -0.2) is 0 Å². The lowest BCUT2D eigenvalue weighted by atomic mass is 9.78. The molecule has 2 aliphatic heterocycles. The fraction of sp³-hybridized carbons (Fsp3) is 0.679. The van der Waals surface area contributed by atoms with Gasteiger partial charge >= 0.3 is 0 Å². The van der Waals surface area contributed by atoms with Crippen molar-refractivity contribution < 1.29 is 14.2 Å². The van der Waals surface area contributed by atoms with Crippen LogP contribution < -0.4 is 4.90 Å². The van der Waals surface area contributed by atoms with Gasteiger partial charge in [-0.05, 0) is 73.5 Å². The summed E-state index contributed by atoms with van der Waals surface area (Å²) in [7, 11) is 0. The monoisotopic (exact) mass is 508 g/mol. The Balaban J connectivity index is 1.01. The molecular weight excluding hydrogens is 472 g/mol. The Bertz CT molecular complexity index is 1150. The van der Waals surface area contributed by atoms with E-state index in [0.717, 1.165) is 63.9 Å². The number of nitrogens with zero attached hydrogens (tertiary/aromatic N) is 4. The van der Waals surface area contributed by atoms with Crippen LogP contribution in [0.3, 0.4) is 0 Å². The average molecular weight is 509 g/mol. The summed E-state index contributed by atoms with van der Waals surface area (Å²) in [5, 5.41) is 15.1. The lowest BCUT2D eigenvalue weighted by Gasteiger charge is -2.51. The summed E-state index contributed by atoms with van der Waals surface area (Å²) in [5.41, 5.74) is 0. The molecule has 0 spiro atoms. The number of hydroxylamine groups is 3. The maximum atomic E-state index is 13.9. The maximum absolute atomic E-state index is 13.9. The van der Waals surface area contributed by atoms with Gasteiger partial charge in [0.05, 0.1) is 49.3 Å². The summed E-state index contributed by atoms with van der Waals surface area (Å²) in [5.74, 6) is 2.59. The average Bonchev–Trinajstić information content (AvgIpc) is 3.66. The second-order valence-corrected chi connectivity index (χ2v) is 13.0. The molecular formula is C28H36N4O3S. The summed E-state index contributed by atoms with van der Waals surface area (Å²) < 4.78 is 5.73. The normalized spacial score (nSPS) is 35.7. The molecule has 36 heavy (non-hydrogen) atoms. The summed E-state index contributed by atoms with van der Waals surface area (Å²) in [6.07, 6.45) is 7.68. The Labute approximate surface area is 216 Å². The number of quaternary nitrogens is 1. The summed E-state index contributed by atoms with van der Waals surface area (Å²) in [6, 6.07) is 8.32. The number of carbonyl (C=O) groups is 2. The predicted octanol–water partition coefficient (Wildman–Crippen LogP) is 4.27. The molecule has 2 amide bonds. The second-order valence-electron chi connectivity index (χ2n) is 12.2. The van der Waals surface area contributed by atoms with E-state index < -0.39 is 0 Å². The number of likely N-dealkylation sites (tertiary alicyclic amines) is 1. The van der Waals surface area contributed by atoms with Gasteiger partial charge in [-0.15, -0.1) is 0 Å². The van der Waals surface area contributed by atoms with Crippen LogP contribution in [-0.4, -0.2) is 65.0 Å². The van der Waals surface area contributed by atoms with E-state index in [-0.39, 0.29) is 34.2 Å². The number of imide groups is 1. The number of piperazine rings is 1. The van der Waals surface area contributed by atoms with Crippen LogP contribution in [0.1, 0.15) is 44.9 Å². The minimum atomic E-state index is -0.156. The zero-order valence-electron chi connectivity index (χ0n) is 20.9. The molecule has 3 heterocycles. The van der Waals surface area contributed by atoms with E-state index in [1.807, 2.05) is 6.07 Å². The predicted molar refractivity (Wildman–Crippen MR) is 140 cm³/mol. The first-order valence-electron chi connectivity index (χ1n) is 14.0. The molecule has 7 nitrogen and oxygen atoms in total. The van der Waals surface area contributed by atoms with Gasteiger partial charge < -0.3 is 14.8 Å². The van der Waals surface area contributed by atoms with Crippen LogP contribution >= 0.6 is 11.5 Å². The van der Waals surface area contributed by atoms with Gasteiger partial charge in [0.2, 0.25) is 11.8 Å². The van der Waals surface area contributed by atoms with Crippen molar-refractivity contribution in [3.63, 3.8) is 0 Å². The zero-order chi connectivity index (χ0) is 24.4. The van der Waals surface area contributed by atoms with Crippen LogP contribution in [0.4, 0.5) is 5.82 Å². The van der Waals surface area contributed by atoms with E-state index in [0.29, 0.717) is 43.9 Å². The highest BCUT2D eigenvalue weighted by atomic mass is 32.1. The Kier molecular flexibility index (Phi) is 5.63. The number of carbonyl (C=O) groups excluding carboxylic acids is 2. The molecule has 2 bridgehead atoms. The number of amides is 2. The van der Waals surface area contributed by atoms with Crippen molar-refractivity contribution in [2.24, 2.45) is 35.5 Å². The van der Waals surface area contributed by atoms with Crippen molar-refractivity contribution >= 4 is 39.3 Å². The molecule has 192 valence electrons. The van der Waals surface area contributed by atoms with E-state index in [4.69, 9.17) is 4.37 Å². The number of fused-ring (bicyclic) bond motifs is 6. The second kappa shape index (κ2) is 8.77. The minimum absolute atomic E-state index is 0.0361. The van der Waals surface area contributed by atoms with Crippen LogP contribution in [0.15, 0.2) is 24.3 Å². The van der Waals surface area contributed by atoms with Crippen molar-refractivity contribution in [3.8, 4) is 0 Å². The molecule has 3 saturated carbocycles. The molecule has 2 aromatic rings. The molecule has 6 atom stereocenters. The summed E-state index contributed by atoms with van der Waals surface area (Å²) >= 11 is 1.53. The molecule has 5 aliphatic rings. The van der Waals surface area contributed by atoms with Crippen molar-refractivity contribution in [2.75, 3.05) is 44.2 Å². The topological polar surface area (TPSA) is 76.6 Å². The third kappa shape index (κ3) is 3.71. The summed E-state index contributed by atoms with van der Waals surface area (Å²) in [4.78, 5) is 30.5. The standard InChI is InChI=1S/C28H36N4O3S/c33-27-24-18-9-10-19(15-18)25(24)28(34)31(27)16-20-5-1-2-6-21(20)17-32(35)13-11-30(12-14-32)26-22-7-3-4-8-23(22)36-29-26/h3-4,7-8,18-21,24-25H,1-2,5-6,9-17H2. The molecule has 3 aliphatic carbocycles. The van der Waals surface area contributed by atoms with Crippen molar-refractivity contribution in [2.45, 2.75) is 44.9 Å². The van der Waals surface area contributed by atoms with Crippen molar-refractivity contribution in [1.29, 1.82) is 0 Å². The zero-order valence-corrected chi connectivity index (χ0v) is 21.7. The van der Waals surface area contributed by atoms with E-state index in [9.17, 15) is 14.8 Å². The van der Waals surface area contributed by atoms with Crippen LogP contribution in [0.25, 0.3) is 10.1 Å². The molecule has 1 aromatic carbocycles. The fourth-order valence-corrected chi connectivity index (χ4v) is 9.20. The van der Waals surface area contributed by atoms with Gasteiger partial charge in [-0.3, -0.25) is 14.5 Å². The van der Waals surface area contributed by atoms with Gasteiger partial charge in [0.25, 0.3) is 0 Å². The lowest BCUT2D eigenvalue weighted by molar-refractivity contribution is -0.885. The first kappa shape index (κ1) is 23.1. The Morgan fingerprint density at radius 2 is 1.61 bits per heavy atom. The quantitative estimate of drug-likeness (QED) is 0.343. The lowest BCUT2D eigenvalue weighted by Crippen LogP contribution is -2.59. The van der Waals surface area contributed by atoms with Gasteiger partial charge in [0.15, 0.2) is 5.82 Å². The minimum Gasteiger partial charge on any atom is -0.633 e. The van der Waals surface area contributed by atoms with E-state index in [2.05, 4.69) is 23.1 Å². The van der Waals surface area contributed by atoms with E-state index in [1.165, 1.54) is 21.6 Å². The van der Waals surface area contributed by atoms with Gasteiger partial charge in [-0.2, -0.15) is 4.37 Å². The number of rotatable bonds is 5. The molecule has 0 N–H and O–H groups in total. The van der Waals surface area contributed by atoms with Gasteiger partial charge in [-0.1, -0.05) is 25.0 Å². The Morgan fingerprint density at radius 1 is 0.944 bits per heavy atom. The van der Waals surface area contributed by atoms with Gasteiger partial charge in [0, 0.05) is 17.8 Å². The number of hydrogen-bond acceptors (Lipinski definition) is 6. The largest absolute Gasteiger partial charge is 0.633 e. The summed E-state index contributed by atoms with van der Waals surface area (Å²) in [6.45, 7) is 3.76. The Hall–Kier alpha value is -2.03. The first-order chi connectivity index (χ1) is 17.5. The molecule has 8 heteroatoms. The molecule has 0 radical (unpaired) electrons. The van der Waals surface area contributed by atoms with E-state index in [1.54, 1.807) is 4.90 Å². The van der Waals surface area contributed by atoms with Crippen LogP contribution in [0.5, 0.6) is 0 Å². The number of benzene rings is 1. The molecule has 1 aromatic heterocycles. The third-order valence-electron chi connectivity index (χ3n) is 10.3. The number of anilines is 1. The van der Waals surface area contributed by atoms with Gasteiger partial charge in [0.1, 0.15) is 0 Å². The van der Waals surface area contributed by atoms with Crippen LogP contribution in [0.2, 0.25) is 0 Å². The number of hydrogen-bond donors (Lipinski definition) is 0. The number of aromatic nitrogens is 1. The van der Waals surface area contributed by atoms with Crippen molar-refractivity contribution in [3.05, 3.63) is 29.5 Å². The highest BCUT2D eigenvalue weighted by Gasteiger charge is 2.61. The fourth-order valence-electron chi connectivity index (χ4n) is 8.40. The SMILES string of the molecule is O=C1C2C3CCC(C3)C2C(=O)N1CC1CCCCC1C[N+]1([O-])CCN(c2nsc3ccccc23)CC1.